The first kappa shape index (κ1) is 14.3. The van der Waals surface area contributed by atoms with Crippen LogP contribution in [0.1, 0.15) is 17.7 Å². The summed E-state index contributed by atoms with van der Waals surface area (Å²) in [5.41, 5.74) is 0. The fraction of sp³-hybridized carbons (Fsp3) is 0.615. The lowest BCUT2D eigenvalue weighted by molar-refractivity contribution is 0.125. The molecule has 1 fully saturated rings. The van der Waals surface area contributed by atoms with Crippen molar-refractivity contribution in [3.63, 3.8) is 0 Å². The lowest BCUT2D eigenvalue weighted by Crippen LogP contribution is -2.40. The van der Waals surface area contributed by atoms with E-state index in [1.54, 1.807) is 0 Å². The third-order valence-corrected chi connectivity index (χ3v) is 4.06. The van der Waals surface area contributed by atoms with Crippen LogP contribution in [-0.4, -0.2) is 48.3 Å². The highest BCUT2D eigenvalue weighted by molar-refractivity contribution is 7.16. The van der Waals surface area contributed by atoms with E-state index in [1.807, 2.05) is 19.1 Å². The second-order valence-electron chi connectivity index (χ2n) is 4.91. The van der Waals surface area contributed by atoms with Crippen LogP contribution in [0.5, 0.6) is 0 Å². The molecule has 6 heteroatoms. The number of amides is 2. The van der Waals surface area contributed by atoms with E-state index in [0.29, 0.717) is 6.54 Å². The quantitative estimate of drug-likeness (QED) is 0.769. The van der Waals surface area contributed by atoms with Gasteiger partial charge in [-0.25, -0.2) is 4.79 Å². The molecule has 1 unspecified atom stereocenters. The molecule has 0 radical (unpaired) electrons. The highest BCUT2D eigenvalue weighted by atomic mass is 32.1. The summed E-state index contributed by atoms with van der Waals surface area (Å²) in [7, 11) is 0. The summed E-state index contributed by atoms with van der Waals surface area (Å²) in [4.78, 5) is 15.0. The number of likely N-dealkylation sites (tertiary alicyclic amines) is 1. The molecule has 1 saturated heterocycles. The van der Waals surface area contributed by atoms with Crippen molar-refractivity contribution in [1.29, 1.82) is 0 Å². The Morgan fingerprint density at radius 1 is 1.47 bits per heavy atom. The van der Waals surface area contributed by atoms with Gasteiger partial charge in [0.1, 0.15) is 0 Å². The Kier molecular flexibility index (Phi) is 5.18. The normalized spacial score (nSPS) is 17.4. The van der Waals surface area contributed by atoms with Crippen LogP contribution in [-0.2, 0) is 0 Å². The molecular weight excluding hydrogens is 262 g/mol. The van der Waals surface area contributed by atoms with E-state index in [-0.39, 0.29) is 12.6 Å². The van der Waals surface area contributed by atoms with Crippen molar-refractivity contribution in [3.05, 3.63) is 17.0 Å². The SMILES string of the molecule is Cc1ccc(NC(=O)NCC(O)CN2CCCC2)s1. The van der Waals surface area contributed by atoms with E-state index in [0.717, 1.165) is 23.0 Å². The van der Waals surface area contributed by atoms with Gasteiger partial charge in [0, 0.05) is 18.0 Å². The van der Waals surface area contributed by atoms with Gasteiger partial charge in [0.25, 0.3) is 0 Å². The predicted octanol–water partition coefficient (Wildman–Crippen LogP) is 1.63. The first-order chi connectivity index (χ1) is 9.13. The topological polar surface area (TPSA) is 64.6 Å². The fourth-order valence-corrected chi connectivity index (χ4v) is 2.96. The lowest BCUT2D eigenvalue weighted by atomic mass is 10.3. The van der Waals surface area contributed by atoms with Crippen molar-refractivity contribution in [1.82, 2.24) is 10.2 Å². The second kappa shape index (κ2) is 6.88. The number of aliphatic hydroxyl groups is 1. The maximum absolute atomic E-state index is 11.6. The van der Waals surface area contributed by atoms with Crippen LogP contribution in [0.4, 0.5) is 9.80 Å². The molecule has 2 heterocycles. The lowest BCUT2D eigenvalue weighted by Gasteiger charge is -2.19. The van der Waals surface area contributed by atoms with Gasteiger partial charge < -0.3 is 15.3 Å². The summed E-state index contributed by atoms with van der Waals surface area (Å²) in [6, 6.07) is 3.57. The number of aliphatic hydroxyl groups excluding tert-OH is 1. The number of anilines is 1. The third kappa shape index (κ3) is 4.81. The van der Waals surface area contributed by atoms with E-state index in [4.69, 9.17) is 0 Å². The van der Waals surface area contributed by atoms with Crippen LogP contribution in [0.25, 0.3) is 0 Å². The monoisotopic (exact) mass is 283 g/mol. The molecule has 1 aliphatic heterocycles. The number of thiophene rings is 1. The standard InChI is InChI=1S/C13H21N3O2S/c1-10-4-5-12(19-10)15-13(18)14-8-11(17)9-16-6-2-3-7-16/h4-5,11,17H,2-3,6-9H2,1H3,(H2,14,15,18). The third-order valence-electron chi connectivity index (χ3n) is 3.14. The summed E-state index contributed by atoms with van der Waals surface area (Å²) in [5.74, 6) is 0. The van der Waals surface area contributed by atoms with Crippen LogP contribution in [0, 0.1) is 6.92 Å². The Labute approximate surface area is 117 Å². The molecule has 1 aliphatic rings. The number of urea groups is 1. The molecule has 2 rings (SSSR count). The summed E-state index contributed by atoms with van der Waals surface area (Å²) >= 11 is 1.53. The molecule has 1 atom stereocenters. The number of carbonyl (C=O) groups is 1. The minimum atomic E-state index is -0.506. The van der Waals surface area contributed by atoms with E-state index in [2.05, 4.69) is 15.5 Å². The average molecular weight is 283 g/mol. The highest BCUT2D eigenvalue weighted by Crippen LogP contribution is 2.20. The molecule has 3 N–H and O–H groups in total. The Hall–Kier alpha value is -1.11. The molecule has 0 bridgehead atoms. The zero-order valence-corrected chi connectivity index (χ0v) is 12.0. The van der Waals surface area contributed by atoms with Crippen LogP contribution in [0.3, 0.4) is 0 Å². The number of carbonyl (C=O) groups excluding carboxylic acids is 1. The van der Waals surface area contributed by atoms with Crippen LogP contribution in [0.2, 0.25) is 0 Å². The molecule has 0 saturated carbocycles. The maximum Gasteiger partial charge on any atom is 0.319 e. The van der Waals surface area contributed by atoms with Crippen LogP contribution < -0.4 is 10.6 Å². The number of aryl methyl sites for hydroxylation is 1. The van der Waals surface area contributed by atoms with Crippen molar-refractivity contribution in [2.24, 2.45) is 0 Å². The van der Waals surface area contributed by atoms with Gasteiger partial charge in [-0.3, -0.25) is 5.32 Å². The van der Waals surface area contributed by atoms with Crippen molar-refractivity contribution in [3.8, 4) is 0 Å². The Morgan fingerprint density at radius 2 is 2.21 bits per heavy atom. The van der Waals surface area contributed by atoms with E-state index in [9.17, 15) is 9.90 Å². The van der Waals surface area contributed by atoms with E-state index < -0.39 is 6.10 Å². The molecule has 0 aromatic carbocycles. The predicted molar refractivity (Wildman–Crippen MR) is 77.8 cm³/mol. The summed E-state index contributed by atoms with van der Waals surface area (Å²) in [6.45, 7) is 5.02. The molecule has 106 valence electrons. The molecular formula is C13H21N3O2S. The van der Waals surface area contributed by atoms with Gasteiger partial charge in [0.15, 0.2) is 0 Å². The molecule has 2 amide bonds. The number of rotatable bonds is 5. The van der Waals surface area contributed by atoms with Gasteiger partial charge >= 0.3 is 6.03 Å². The zero-order chi connectivity index (χ0) is 13.7. The smallest absolute Gasteiger partial charge is 0.319 e. The highest BCUT2D eigenvalue weighted by Gasteiger charge is 2.16. The van der Waals surface area contributed by atoms with Gasteiger partial charge in [-0.2, -0.15) is 0 Å². The maximum atomic E-state index is 11.6. The largest absolute Gasteiger partial charge is 0.390 e. The Balaban J connectivity index is 1.65. The second-order valence-corrected chi connectivity index (χ2v) is 6.19. The Morgan fingerprint density at radius 3 is 2.84 bits per heavy atom. The number of β-amino-alcohol motifs (C(OH)–C–C–N with tert-alkyl or cyclic N) is 1. The van der Waals surface area contributed by atoms with Gasteiger partial charge in [0.2, 0.25) is 0 Å². The number of hydrogen-bond donors (Lipinski definition) is 3. The van der Waals surface area contributed by atoms with Crippen LogP contribution >= 0.6 is 11.3 Å². The van der Waals surface area contributed by atoms with Crippen molar-refractivity contribution >= 4 is 22.4 Å². The molecule has 1 aromatic rings. The van der Waals surface area contributed by atoms with Crippen molar-refractivity contribution in [2.45, 2.75) is 25.9 Å². The first-order valence-corrected chi connectivity index (χ1v) is 7.47. The van der Waals surface area contributed by atoms with Crippen molar-refractivity contribution in [2.75, 3.05) is 31.5 Å². The summed E-state index contributed by atoms with van der Waals surface area (Å²) in [5, 5.41) is 16.1. The van der Waals surface area contributed by atoms with Gasteiger partial charge in [-0.05, 0) is 45.0 Å². The summed E-state index contributed by atoms with van der Waals surface area (Å²) < 4.78 is 0. The summed E-state index contributed by atoms with van der Waals surface area (Å²) in [6.07, 6.45) is 1.91. The van der Waals surface area contributed by atoms with Gasteiger partial charge in [0.05, 0.1) is 11.1 Å². The van der Waals surface area contributed by atoms with Gasteiger partial charge in [-0.1, -0.05) is 0 Å². The van der Waals surface area contributed by atoms with E-state index >= 15 is 0 Å². The minimum absolute atomic E-state index is 0.262. The fourth-order valence-electron chi connectivity index (χ4n) is 2.20. The average Bonchev–Trinajstić information content (AvgIpc) is 2.99. The van der Waals surface area contributed by atoms with E-state index in [1.165, 1.54) is 24.2 Å². The molecule has 0 aliphatic carbocycles. The zero-order valence-electron chi connectivity index (χ0n) is 11.2. The molecule has 19 heavy (non-hydrogen) atoms. The number of hydrogen-bond acceptors (Lipinski definition) is 4. The first-order valence-electron chi connectivity index (χ1n) is 6.65. The molecule has 1 aromatic heterocycles. The molecule has 5 nitrogen and oxygen atoms in total. The number of nitrogens with zero attached hydrogens (tertiary/aromatic N) is 1. The van der Waals surface area contributed by atoms with Gasteiger partial charge in [-0.15, -0.1) is 11.3 Å². The minimum Gasteiger partial charge on any atom is -0.390 e. The van der Waals surface area contributed by atoms with Crippen molar-refractivity contribution < 1.29 is 9.90 Å². The number of nitrogens with one attached hydrogen (secondary N) is 2. The Bertz CT molecular complexity index is 416. The van der Waals surface area contributed by atoms with Crippen LogP contribution in [0.15, 0.2) is 12.1 Å². The molecule has 0 spiro atoms.